The average molecular weight is 282 g/mol. The first kappa shape index (κ1) is 17.3. The van der Waals surface area contributed by atoms with Crippen molar-refractivity contribution in [2.45, 2.75) is 26.3 Å². The van der Waals surface area contributed by atoms with E-state index in [-0.39, 0.29) is 19.0 Å². The number of carbonyl (C=O) groups is 1. The zero-order valence-electron chi connectivity index (χ0n) is 11.3. The minimum absolute atomic E-state index is 0.0477. The fraction of sp³-hybridized carbons (Fsp3) is 0.900. The summed E-state index contributed by atoms with van der Waals surface area (Å²) in [6, 6.07) is -0.294. The van der Waals surface area contributed by atoms with Gasteiger partial charge in [-0.2, -0.15) is 17.0 Å². The first-order valence-electron chi connectivity index (χ1n) is 5.71. The predicted molar refractivity (Wildman–Crippen MR) is 67.5 cm³/mol. The maximum Gasteiger partial charge on any atom is 0.304 e. The standard InChI is InChI=1S/C10H22N2O5S/c1-5-12(9(2)8-17-4)18(15,16)11(3)7-6-10(13)14/h9H,5-8H2,1-4H3,(H,13,14). The van der Waals surface area contributed by atoms with Crippen LogP contribution < -0.4 is 0 Å². The Morgan fingerprint density at radius 3 is 2.39 bits per heavy atom. The van der Waals surface area contributed by atoms with Crippen LogP contribution in [0.5, 0.6) is 0 Å². The molecule has 0 saturated carbocycles. The molecule has 8 heteroatoms. The van der Waals surface area contributed by atoms with E-state index in [0.29, 0.717) is 13.2 Å². The molecule has 0 bridgehead atoms. The maximum atomic E-state index is 12.2. The minimum atomic E-state index is -3.64. The lowest BCUT2D eigenvalue weighted by atomic mass is 10.4. The van der Waals surface area contributed by atoms with Crippen molar-refractivity contribution in [1.82, 2.24) is 8.61 Å². The molecule has 7 nitrogen and oxygen atoms in total. The van der Waals surface area contributed by atoms with Crippen molar-refractivity contribution >= 4 is 16.2 Å². The molecule has 18 heavy (non-hydrogen) atoms. The molecule has 0 radical (unpaired) electrons. The third-order valence-corrected chi connectivity index (χ3v) is 4.72. The lowest BCUT2D eigenvalue weighted by Gasteiger charge is -2.30. The predicted octanol–water partition coefficient (Wildman–Crippen LogP) is -0.00550. The second kappa shape index (κ2) is 7.67. The molecule has 0 heterocycles. The van der Waals surface area contributed by atoms with Crippen LogP contribution in [-0.4, -0.2) is 68.0 Å². The van der Waals surface area contributed by atoms with Crippen LogP contribution in [-0.2, 0) is 19.7 Å². The number of rotatable bonds is 9. The summed E-state index contributed by atoms with van der Waals surface area (Å²) >= 11 is 0. The van der Waals surface area contributed by atoms with Crippen LogP contribution in [0.3, 0.4) is 0 Å². The summed E-state index contributed by atoms with van der Waals surface area (Å²) in [6.45, 7) is 4.03. The van der Waals surface area contributed by atoms with E-state index in [2.05, 4.69) is 0 Å². The van der Waals surface area contributed by atoms with Crippen molar-refractivity contribution in [3.05, 3.63) is 0 Å². The summed E-state index contributed by atoms with van der Waals surface area (Å²) in [7, 11) is -0.764. The van der Waals surface area contributed by atoms with Gasteiger partial charge in [-0.3, -0.25) is 4.79 Å². The second-order valence-corrected chi connectivity index (χ2v) is 5.97. The largest absolute Gasteiger partial charge is 0.481 e. The minimum Gasteiger partial charge on any atom is -0.481 e. The van der Waals surface area contributed by atoms with Crippen molar-refractivity contribution in [2.75, 3.05) is 33.9 Å². The Kier molecular flexibility index (Phi) is 7.37. The zero-order valence-corrected chi connectivity index (χ0v) is 12.1. The van der Waals surface area contributed by atoms with E-state index in [1.54, 1.807) is 13.8 Å². The number of carboxylic acid groups (broad SMARTS) is 1. The molecule has 0 aromatic carbocycles. The van der Waals surface area contributed by atoms with Gasteiger partial charge < -0.3 is 9.84 Å². The van der Waals surface area contributed by atoms with Crippen molar-refractivity contribution in [3.63, 3.8) is 0 Å². The van der Waals surface area contributed by atoms with E-state index in [9.17, 15) is 13.2 Å². The summed E-state index contributed by atoms with van der Waals surface area (Å²) in [6.07, 6.45) is -0.216. The van der Waals surface area contributed by atoms with E-state index < -0.39 is 16.2 Å². The van der Waals surface area contributed by atoms with Gasteiger partial charge in [0.15, 0.2) is 0 Å². The molecule has 0 aliphatic heterocycles. The van der Waals surface area contributed by atoms with Crippen LogP contribution in [0.2, 0.25) is 0 Å². The number of aliphatic carboxylic acids is 1. The van der Waals surface area contributed by atoms with Crippen LogP contribution in [0.1, 0.15) is 20.3 Å². The van der Waals surface area contributed by atoms with Gasteiger partial charge in [0.25, 0.3) is 10.2 Å². The fourth-order valence-electron chi connectivity index (χ4n) is 1.57. The summed E-state index contributed by atoms with van der Waals surface area (Å²) in [5.74, 6) is -1.02. The molecule has 1 atom stereocenters. The van der Waals surface area contributed by atoms with Crippen molar-refractivity contribution in [2.24, 2.45) is 0 Å². The molecule has 0 rings (SSSR count). The van der Waals surface area contributed by atoms with Crippen LogP contribution in [0, 0.1) is 0 Å². The van der Waals surface area contributed by atoms with E-state index in [1.807, 2.05) is 0 Å². The van der Waals surface area contributed by atoms with Crippen molar-refractivity contribution in [3.8, 4) is 0 Å². The van der Waals surface area contributed by atoms with Gasteiger partial charge in [0, 0.05) is 33.3 Å². The van der Waals surface area contributed by atoms with Gasteiger partial charge in [0.1, 0.15) is 0 Å². The molecule has 0 aromatic heterocycles. The molecule has 1 N–H and O–H groups in total. The SMILES string of the molecule is CCN(C(C)COC)S(=O)(=O)N(C)CCC(=O)O. The van der Waals surface area contributed by atoms with Gasteiger partial charge in [-0.1, -0.05) is 6.92 Å². The highest BCUT2D eigenvalue weighted by atomic mass is 32.2. The summed E-state index contributed by atoms with van der Waals surface area (Å²) in [5.41, 5.74) is 0. The number of likely N-dealkylation sites (N-methyl/N-ethyl adjacent to an activating group) is 1. The zero-order chi connectivity index (χ0) is 14.3. The lowest BCUT2D eigenvalue weighted by Crippen LogP contribution is -2.48. The highest BCUT2D eigenvalue weighted by Gasteiger charge is 2.29. The highest BCUT2D eigenvalue weighted by Crippen LogP contribution is 2.11. The van der Waals surface area contributed by atoms with Gasteiger partial charge in [-0.05, 0) is 6.92 Å². The smallest absolute Gasteiger partial charge is 0.304 e. The van der Waals surface area contributed by atoms with Crippen LogP contribution in [0.25, 0.3) is 0 Å². The number of hydrogen-bond donors (Lipinski definition) is 1. The van der Waals surface area contributed by atoms with Gasteiger partial charge in [0.2, 0.25) is 0 Å². The molecule has 0 aliphatic carbocycles. The number of ether oxygens (including phenoxy) is 1. The molecule has 0 aliphatic rings. The molecule has 0 amide bonds. The summed E-state index contributed by atoms with van der Waals surface area (Å²) < 4.78 is 31.7. The molecule has 0 spiro atoms. The number of carboxylic acids is 1. The Morgan fingerprint density at radius 1 is 1.44 bits per heavy atom. The molecular weight excluding hydrogens is 260 g/mol. The lowest BCUT2D eigenvalue weighted by molar-refractivity contribution is -0.137. The average Bonchev–Trinajstić information content (AvgIpc) is 2.26. The Hall–Kier alpha value is -0.700. The Balaban J connectivity index is 4.79. The fourth-order valence-corrected chi connectivity index (χ4v) is 3.10. The van der Waals surface area contributed by atoms with Crippen molar-refractivity contribution < 1.29 is 23.1 Å². The highest BCUT2D eigenvalue weighted by molar-refractivity contribution is 7.86. The normalized spacial score (nSPS) is 14.1. The molecule has 0 saturated heterocycles. The van der Waals surface area contributed by atoms with Gasteiger partial charge in [-0.25, -0.2) is 0 Å². The number of methoxy groups -OCH3 is 1. The topological polar surface area (TPSA) is 87.2 Å². The van der Waals surface area contributed by atoms with Gasteiger partial charge in [0.05, 0.1) is 13.0 Å². The summed E-state index contributed by atoms with van der Waals surface area (Å²) in [4.78, 5) is 10.5. The Bertz CT molecular complexity index is 357. The quantitative estimate of drug-likeness (QED) is 0.643. The van der Waals surface area contributed by atoms with E-state index in [1.165, 1.54) is 18.5 Å². The molecule has 108 valence electrons. The van der Waals surface area contributed by atoms with E-state index in [4.69, 9.17) is 9.84 Å². The van der Waals surface area contributed by atoms with Crippen LogP contribution in [0.4, 0.5) is 0 Å². The van der Waals surface area contributed by atoms with Crippen molar-refractivity contribution in [1.29, 1.82) is 0 Å². The second-order valence-electron chi connectivity index (χ2n) is 3.98. The van der Waals surface area contributed by atoms with Crippen LogP contribution >= 0.6 is 0 Å². The molecule has 0 fully saturated rings. The van der Waals surface area contributed by atoms with E-state index in [0.717, 1.165) is 4.31 Å². The maximum absolute atomic E-state index is 12.2. The summed E-state index contributed by atoms with van der Waals surface area (Å²) in [5, 5.41) is 8.56. The monoisotopic (exact) mass is 282 g/mol. The molecular formula is C10H22N2O5S. The molecule has 0 aromatic rings. The first-order valence-corrected chi connectivity index (χ1v) is 7.10. The van der Waals surface area contributed by atoms with E-state index >= 15 is 0 Å². The third-order valence-electron chi connectivity index (χ3n) is 2.54. The van der Waals surface area contributed by atoms with Gasteiger partial charge >= 0.3 is 5.97 Å². The Morgan fingerprint density at radius 2 is 2.00 bits per heavy atom. The number of hydrogen-bond acceptors (Lipinski definition) is 4. The number of nitrogens with zero attached hydrogens (tertiary/aromatic N) is 2. The van der Waals surface area contributed by atoms with Crippen LogP contribution in [0.15, 0.2) is 0 Å². The molecule has 1 unspecified atom stereocenters. The Labute approximate surface area is 109 Å². The van der Waals surface area contributed by atoms with Gasteiger partial charge in [-0.15, -0.1) is 0 Å². The third kappa shape index (κ3) is 4.89. The first-order chi connectivity index (χ1) is 8.27.